The number of imidazole rings is 1. The zero-order chi connectivity index (χ0) is 12.0. The van der Waals surface area contributed by atoms with Gasteiger partial charge in [-0.1, -0.05) is 18.6 Å². The molecule has 0 radical (unpaired) electrons. The first-order valence-corrected chi connectivity index (χ1v) is 6.89. The van der Waals surface area contributed by atoms with Gasteiger partial charge in [0.15, 0.2) is 0 Å². The maximum atomic E-state index is 5.65. The SMILES string of the molecule is c1ccc2c(c1)ncn2C[C@H]1CCCC2(CO2)C1. The second kappa shape index (κ2) is 3.82. The van der Waals surface area contributed by atoms with Gasteiger partial charge < -0.3 is 9.30 Å². The molecular weight excluding hydrogens is 224 g/mol. The Kier molecular flexibility index (Phi) is 2.24. The molecular formula is C15H18N2O. The maximum absolute atomic E-state index is 5.65. The molecule has 18 heavy (non-hydrogen) atoms. The topological polar surface area (TPSA) is 30.4 Å². The molecule has 3 nitrogen and oxygen atoms in total. The van der Waals surface area contributed by atoms with Gasteiger partial charge in [0.2, 0.25) is 0 Å². The van der Waals surface area contributed by atoms with Gasteiger partial charge in [0.25, 0.3) is 0 Å². The van der Waals surface area contributed by atoms with E-state index in [9.17, 15) is 0 Å². The van der Waals surface area contributed by atoms with E-state index in [1.807, 2.05) is 12.4 Å². The number of hydrogen-bond acceptors (Lipinski definition) is 2. The van der Waals surface area contributed by atoms with E-state index in [4.69, 9.17) is 4.74 Å². The molecule has 2 heterocycles. The fourth-order valence-corrected chi connectivity index (χ4v) is 3.40. The Morgan fingerprint density at radius 1 is 1.39 bits per heavy atom. The van der Waals surface area contributed by atoms with Crippen LogP contribution in [0.5, 0.6) is 0 Å². The Morgan fingerprint density at radius 2 is 2.28 bits per heavy atom. The van der Waals surface area contributed by atoms with Crippen molar-refractivity contribution in [1.29, 1.82) is 0 Å². The highest BCUT2D eigenvalue weighted by molar-refractivity contribution is 5.74. The molecule has 0 bridgehead atoms. The lowest BCUT2D eigenvalue weighted by Gasteiger charge is -2.27. The van der Waals surface area contributed by atoms with Gasteiger partial charge in [-0.15, -0.1) is 0 Å². The Hall–Kier alpha value is -1.35. The van der Waals surface area contributed by atoms with Gasteiger partial charge in [-0.25, -0.2) is 4.98 Å². The average Bonchev–Trinajstić information content (AvgIpc) is 3.01. The molecule has 1 aromatic heterocycles. The van der Waals surface area contributed by atoms with Crippen LogP contribution in [0.15, 0.2) is 30.6 Å². The zero-order valence-electron chi connectivity index (χ0n) is 10.5. The first-order chi connectivity index (χ1) is 8.85. The summed E-state index contributed by atoms with van der Waals surface area (Å²) >= 11 is 0. The standard InChI is InChI=1S/C15H18N2O/c1-2-6-14-13(5-1)16-11-17(14)9-12-4-3-7-15(8-12)10-18-15/h1-2,5-6,11-12H,3-4,7-10H2/t12-,15?/m0/s1. The summed E-state index contributed by atoms with van der Waals surface area (Å²) < 4.78 is 7.96. The maximum Gasteiger partial charge on any atom is 0.0958 e. The summed E-state index contributed by atoms with van der Waals surface area (Å²) in [6, 6.07) is 8.38. The number of fused-ring (bicyclic) bond motifs is 1. The average molecular weight is 242 g/mol. The summed E-state index contributed by atoms with van der Waals surface area (Å²) in [5.74, 6) is 0.749. The van der Waals surface area contributed by atoms with E-state index in [1.165, 1.54) is 31.2 Å². The van der Waals surface area contributed by atoms with Crippen molar-refractivity contribution in [3.63, 3.8) is 0 Å². The smallest absolute Gasteiger partial charge is 0.0958 e. The summed E-state index contributed by atoms with van der Waals surface area (Å²) in [7, 11) is 0. The van der Waals surface area contributed by atoms with Crippen LogP contribution in [0.2, 0.25) is 0 Å². The number of epoxide rings is 1. The minimum absolute atomic E-state index is 0.277. The lowest BCUT2D eigenvalue weighted by atomic mass is 9.81. The normalized spacial score (nSPS) is 31.0. The van der Waals surface area contributed by atoms with Gasteiger partial charge >= 0.3 is 0 Å². The van der Waals surface area contributed by atoms with Crippen LogP contribution in [0, 0.1) is 5.92 Å². The van der Waals surface area contributed by atoms with Crippen molar-refractivity contribution in [2.75, 3.05) is 6.61 Å². The quantitative estimate of drug-likeness (QED) is 0.758. The van der Waals surface area contributed by atoms with Crippen LogP contribution in [0.3, 0.4) is 0 Å². The minimum Gasteiger partial charge on any atom is -0.370 e. The second-order valence-electron chi connectivity index (χ2n) is 5.82. The molecule has 1 aromatic carbocycles. The van der Waals surface area contributed by atoms with E-state index in [1.54, 1.807) is 0 Å². The highest BCUT2D eigenvalue weighted by atomic mass is 16.6. The lowest BCUT2D eigenvalue weighted by Crippen LogP contribution is -2.25. The number of hydrogen-bond donors (Lipinski definition) is 0. The fraction of sp³-hybridized carbons (Fsp3) is 0.533. The zero-order valence-corrected chi connectivity index (χ0v) is 10.5. The third-order valence-electron chi connectivity index (χ3n) is 4.44. The third kappa shape index (κ3) is 1.74. The van der Waals surface area contributed by atoms with Crippen LogP contribution in [0.4, 0.5) is 0 Å². The van der Waals surface area contributed by atoms with Gasteiger partial charge in [-0.3, -0.25) is 0 Å². The molecule has 1 spiro atoms. The van der Waals surface area contributed by atoms with Gasteiger partial charge in [-0.05, 0) is 37.3 Å². The van der Waals surface area contributed by atoms with E-state index in [-0.39, 0.29) is 5.60 Å². The number of rotatable bonds is 2. The van der Waals surface area contributed by atoms with Crippen molar-refractivity contribution < 1.29 is 4.74 Å². The molecule has 0 N–H and O–H groups in total. The molecule has 2 fully saturated rings. The molecule has 2 aromatic rings. The molecule has 2 aliphatic rings. The van der Waals surface area contributed by atoms with Crippen molar-refractivity contribution in [3.05, 3.63) is 30.6 Å². The summed E-state index contributed by atoms with van der Waals surface area (Å²) in [5.41, 5.74) is 2.64. The van der Waals surface area contributed by atoms with Crippen molar-refractivity contribution in [2.45, 2.75) is 37.8 Å². The van der Waals surface area contributed by atoms with E-state index >= 15 is 0 Å². The molecule has 2 atom stereocenters. The third-order valence-corrected chi connectivity index (χ3v) is 4.44. The van der Waals surface area contributed by atoms with Crippen molar-refractivity contribution >= 4 is 11.0 Å². The van der Waals surface area contributed by atoms with Crippen LogP contribution in [-0.4, -0.2) is 21.8 Å². The summed E-state index contributed by atoms with van der Waals surface area (Å²) in [6.07, 6.45) is 7.14. The van der Waals surface area contributed by atoms with Gasteiger partial charge in [0, 0.05) is 6.54 Å². The van der Waals surface area contributed by atoms with Gasteiger partial charge in [0.1, 0.15) is 0 Å². The van der Waals surface area contributed by atoms with Crippen LogP contribution in [0.25, 0.3) is 11.0 Å². The van der Waals surface area contributed by atoms with Crippen LogP contribution < -0.4 is 0 Å². The number of benzene rings is 1. The highest BCUT2D eigenvalue weighted by Gasteiger charge is 2.47. The largest absolute Gasteiger partial charge is 0.370 e. The predicted octanol–water partition coefficient (Wildman–Crippen LogP) is 3.00. The van der Waals surface area contributed by atoms with Crippen molar-refractivity contribution in [1.82, 2.24) is 9.55 Å². The summed E-state index contributed by atoms with van der Waals surface area (Å²) in [6.45, 7) is 2.08. The van der Waals surface area contributed by atoms with E-state index in [0.29, 0.717) is 0 Å². The molecule has 1 aliphatic heterocycles. The molecule has 1 aliphatic carbocycles. The molecule has 94 valence electrons. The summed E-state index contributed by atoms with van der Waals surface area (Å²) in [4.78, 5) is 4.47. The van der Waals surface area contributed by atoms with Crippen LogP contribution >= 0.6 is 0 Å². The summed E-state index contributed by atoms with van der Waals surface area (Å²) in [5, 5.41) is 0. The monoisotopic (exact) mass is 242 g/mol. The minimum atomic E-state index is 0.277. The molecule has 1 unspecified atom stereocenters. The molecule has 3 heteroatoms. The fourth-order valence-electron chi connectivity index (χ4n) is 3.40. The Balaban J connectivity index is 1.57. The van der Waals surface area contributed by atoms with Crippen LogP contribution in [0.1, 0.15) is 25.7 Å². The first-order valence-electron chi connectivity index (χ1n) is 6.89. The Labute approximate surface area is 107 Å². The first kappa shape index (κ1) is 10.6. The van der Waals surface area contributed by atoms with E-state index < -0.39 is 0 Å². The van der Waals surface area contributed by atoms with Crippen LogP contribution in [-0.2, 0) is 11.3 Å². The Morgan fingerprint density at radius 3 is 3.17 bits per heavy atom. The lowest BCUT2D eigenvalue weighted by molar-refractivity contribution is 0.179. The van der Waals surface area contributed by atoms with Crippen molar-refractivity contribution in [3.8, 4) is 0 Å². The number of aromatic nitrogens is 2. The molecule has 0 amide bonds. The second-order valence-corrected chi connectivity index (χ2v) is 5.82. The van der Waals surface area contributed by atoms with E-state index in [2.05, 4.69) is 27.8 Å². The number of para-hydroxylation sites is 2. The highest BCUT2D eigenvalue weighted by Crippen LogP contribution is 2.44. The van der Waals surface area contributed by atoms with Gasteiger partial charge in [0.05, 0.1) is 29.6 Å². The predicted molar refractivity (Wildman–Crippen MR) is 70.4 cm³/mol. The molecule has 1 saturated heterocycles. The number of ether oxygens (including phenoxy) is 1. The molecule has 4 rings (SSSR count). The van der Waals surface area contributed by atoms with E-state index in [0.717, 1.165) is 24.6 Å². The number of nitrogens with zero attached hydrogens (tertiary/aromatic N) is 2. The van der Waals surface area contributed by atoms with Gasteiger partial charge in [-0.2, -0.15) is 0 Å². The van der Waals surface area contributed by atoms with Crippen molar-refractivity contribution in [2.24, 2.45) is 5.92 Å². The Bertz CT molecular complexity index is 571. The molecule has 1 saturated carbocycles.